The number of halogens is 28. The highest BCUT2D eigenvalue weighted by Crippen LogP contribution is 2.41. The van der Waals surface area contributed by atoms with Crippen LogP contribution >= 0.6 is 0 Å². The number of rotatable bonds is 21. The molecule has 9 aromatic carbocycles. The van der Waals surface area contributed by atoms with Crippen LogP contribution in [-0.4, -0.2) is 11.1 Å². The fraction of sp³-hybridized carbons (Fsp3) is 0.277. The Morgan fingerprint density at radius 3 is 0.708 bits per heavy atom. The lowest BCUT2D eigenvalue weighted by atomic mass is 9.12. The maximum Gasteiger partial charge on any atom is 0.242 e. The minimum absolute atomic E-state index is 1.14. The number of hydrogen-bond donors (Lipinski definition) is 1. The molecule has 0 aliphatic rings. The monoisotopic (exact) mass is 1390 g/mol. The quantitative estimate of drug-likeness (QED) is 0.0185. The fourth-order valence-corrected chi connectivity index (χ4v) is 12.5. The number of benzene rings is 9. The van der Waals surface area contributed by atoms with Gasteiger partial charge in [-0.15, -0.1) is 21.9 Å². The predicted octanol–water partition coefficient (Wildman–Crippen LogP) is 19.3. The third-order valence-corrected chi connectivity index (χ3v) is 17.1. The van der Waals surface area contributed by atoms with Gasteiger partial charge in [-0.1, -0.05) is 109 Å². The van der Waals surface area contributed by atoms with Crippen LogP contribution in [0.5, 0.6) is 0 Å². The van der Waals surface area contributed by atoms with E-state index in [0.717, 1.165) is 6.54 Å². The third-order valence-electron chi connectivity index (χ3n) is 17.1. The number of imidazole rings is 1. The van der Waals surface area contributed by atoms with Gasteiger partial charge in [0.2, 0.25) is 6.33 Å². The van der Waals surface area contributed by atoms with Crippen LogP contribution in [0.2, 0.25) is 0 Å². The summed E-state index contributed by atoms with van der Waals surface area (Å²) in [6, 6.07) is 8.58. The maximum atomic E-state index is 17.4. The van der Waals surface area contributed by atoms with Crippen LogP contribution in [0.3, 0.4) is 0 Å². The Morgan fingerprint density at radius 2 is 0.458 bits per heavy atom. The lowest BCUT2D eigenvalue weighted by Gasteiger charge is -2.45. The molecule has 0 bridgehead atoms. The zero-order valence-electron chi connectivity index (χ0n) is 49.0. The molecule has 512 valence electrons. The van der Waals surface area contributed by atoms with Crippen LogP contribution in [0.25, 0.3) is 54.1 Å². The zero-order valence-corrected chi connectivity index (χ0v) is 49.0. The highest BCUT2D eigenvalue weighted by molar-refractivity contribution is 7.20. The Morgan fingerprint density at radius 1 is 0.250 bits per heavy atom. The molecule has 96 heavy (non-hydrogen) atoms. The van der Waals surface area contributed by atoms with Crippen LogP contribution in [0, 0.1) is 163 Å². The second-order valence-corrected chi connectivity index (χ2v) is 22.6. The minimum Gasteiger partial charge on any atom is -0.243 e. The Hall–Kier alpha value is -8.41. The normalized spacial score (nSPS) is 12.1. The van der Waals surface area contributed by atoms with Gasteiger partial charge in [-0.3, -0.25) is 0 Å². The van der Waals surface area contributed by atoms with E-state index >= 15 is 87.8 Å². The highest BCUT2D eigenvalue weighted by atomic mass is 19.2. The summed E-state index contributed by atoms with van der Waals surface area (Å²) in [6.07, 6.45) is 17.0. The lowest BCUT2D eigenvalue weighted by Crippen LogP contribution is -2.80. The summed E-state index contributed by atoms with van der Waals surface area (Å²) in [6.45, 7) is 3.44. The predicted molar refractivity (Wildman–Crippen MR) is 297 cm³/mol. The van der Waals surface area contributed by atoms with E-state index in [2.05, 4.69) is 47.1 Å². The van der Waals surface area contributed by atoms with E-state index in [1.54, 1.807) is 0 Å². The molecule has 0 amide bonds. The molecule has 0 aliphatic heterocycles. The van der Waals surface area contributed by atoms with Gasteiger partial charge in [0.05, 0.1) is 49.6 Å². The summed E-state index contributed by atoms with van der Waals surface area (Å²) < 4.78 is 445. The van der Waals surface area contributed by atoms with Crippen LogP contribution in [0.1, 0.15) is 110 Å². The summed E-state index contributed by atoms with van der Waals surface area (Å²) in [5.74, 6) is -102. The van der Waals surface area contributed by atoms with Crippen molar-refractivity contribution >= 4 is 82.1 Å². The first-order chi connectivity index (χ1) is 45.4. The van der Waals surface area contributed by atoms with Crippen molar-refractivity contribution in [2.24, 2.45) is 0 Å². The lowest BCUT2D eigenvalue weighted by molar-refractivity contribution is -0.671. The molecule has 0 saturated carbocycles. The molecule has 0 fully saturated rings. The molecule has 1 heterocycles. The first-order valence-electron chi connectivity index (χ1n) is 29.3. The van der Waals surface area contributed by atoms with Crippen LogP contribution in [-0.2, 0) is 6.54 Å². The van der Waals surface area contributed by atoms with Crippen LogP contribution in [0.15, 0.2) is 30.6 Å². The van der Waals surface area contributed by atoms with E-state index in [9.17, 15) is 35.1 Å². The van der Waals surface area contributed by atoms with E-state index in [1.165, 1.54) is 114 Å². The molecule has 1 aromatic heterocycles. The molecule has 0 spiro atoms. The van der Waals surface area contributed by atoms with E-state index in [4.69, 9.17) is 0 Å². The topological polar surface area (TPSA) is 19.7 Å². The molecular formula is C65H43BF28N2. The number of aryl methyl sites for hydroxylation is 1. The van der Waals surface area contributed by atoms with E-state index in [1.807, 2.05) is 0 Å². The van der Waals surface area contributed by atoms with Gasteiger partial charge in [0.25, 0.3) is 0 Å². The van der Waals surface area contributed by atoms with Crippen molar-refractivity contribution in [3.8, 4) is 0 Å². The number of unbranched alkanes of at least 4 members (excludes halogenated alkanes) is 15. The largest absolute Gasteiger partial charge is 0.243 e. The standard InChI is InChI=1S/C40BF28.C25H42N2/c42-13-1-5(25(54)37(66)33(62)21(1)50)17(46)29(58)9(13)41(10-14(43)2-6(18(47)30(10)59)26(55)38(67)34(63)22(2)51,11-15(44)3-7(19(48)31(11)60)27(56)39(68)35(64)23(3)52)12-16(45)4-8(20(49)32(12)61)28(57)40(69)36(65)24(4)53;1-2-3-4-5-6-7-8-9-10-11-12-13-14-15-16-19-22-27-23-26-24-20-17-18-21-25(24)27/h;17-18,20-21,23H,2-16,19,22H2,1H3/q-1;/p+1. The number of H-pyrrole nitrogens is 1. The fourth-order valence-electron chi connectivity index (χ4n) is 12.5. The number of nitrogens with zero attached hydrogens (tertiary/aromatic N) is 1. The summed E-state index contributed by atoms with van der Waals surface area (Å²) in [4.78, 5) is 3.36. The molecule has 2 nitrogen and oxygen atoms in total. The summed E-state index contributed by atoms with van der Waals surface area (Å²) in [5.41, 5.74) is -13.3. The summed E-state index contributed by atoms with van der Waals surface area (Å²) in [7, 11) is 0. The smallest absolute Gasteiger partial charge is 0.242 e. The van der Waals surface area contributed by atoms with Crippen LogP contribution < -0.4 is 26.4 Å². The van der Waals surface area contributed by atoms with E-state index in [0.29, 0.717) is 0 Å². The van der Waals surface area contributed by atoms with E-state index in [-0.39, 0.29) is 0 Å². The Labute approximate surface area is 523 Å². The number of nitrogens with one attached hydrogen (secondary N) is 1. The van der Waals surface area contributed by atoms with Gasteiger partial charge in [-0.25, -0.2) is 132 Å². The van der Waals surface area contributed by atoms with Gasteiger partial charge in [0.1, 0.15) is 52.7 Å². The van der Waals surface area contributed by atoms with Crippen molar-refractivity contribution in [3.63, 3.8) is 0 Å². The second-order valence-electron chi connectivity index (χ2n) is 22.6. The molecule has 10 aromatic rings. The molecule has 0 unspecified atom stereocenters. The molecule has 0 atom stereocenters. The second kappa shape index (κ2) is 28.4. The van der Waals surface area contributed by atoms with Gasteiger partial charge < -0.3 is 0 Å². The van der Waals surface area contributed by atoms with Crippen molar-refractivity contribution in [1.29, 1.82) is 0 Å². The van der Waals surface area contributed by atoms with Crippen molar-refractivity contribution in [1.82, 2.24) is 4.98 Å². The average molecular weight is 1390 g/mol. The summed E-state index contributed by atoms with van der Waals surface area (Å²) in [5, 5.41) is -25.0. The molecular weight excluding hydrogens is 1350 g/mol. The first-order valence-corrected chi connectivity index (χ1v) is 29.3. The van der Waals surface area contributed by atoms with Crippen molar-refractivity contribution in [2.45, 2.75) is 116 Å². The molecule has 0 saturated heterocycles. The number of aromatic nitrogens is 2. The Bertz CT molecular complexity index is 4290. The number of aromatic amines is 1. The number of fused-ring (bicyclic) bond motifs is 5. The Balaban J connectivity index is 0.000000335. The minimum atomic E-state index is -7.99. The van der Waals surface area contributed by atoms with Crippen molar-refractivity contribution in [2.75, 3.05) is 0 Å². The summed E-state index contributed by atoms with van der Waals surface area (Å²) >= 11 is 0. The van der Waals surface area contributed by atoms with Gasteiger partial charge in [0.15, 0.2) is 127 Å². The van der Waals surface area contributed by atoms with Crippen molar-refractivity contribution in [3.05, 3.63) is 193 Å². The Kier molecular flexibility index (Phi) is 21.2. The SMILES string of the molecule is CCCCCCCCCCCCCCCCCC[n+]1c[nH]c2ccccc21.Fc1c(F)c(F)c2c(F)c([B-](c3c(F)c(F)c4c(F)c(F)c(F)c(F)c4c3F)(c3c(F)c(F)c4c(F)c(F)c(F)c(F)c4c3F)c3c(F)c(F)c4c(F)c(F)c(F)c(F)c4c3F)c(F)c(F)c2c1F. The average Bonchev–Trinajstić information content (AvgIpc) is 0.689. The van der Waals surface area contributed by atoms with Gasteiger partial charge >= 0.3 is 0 Å². The number of para-hydroxylation sites is 2. The van der Waals surface area contributed by atoms with Crippen molar-refractivity contribution < 1.29 is 127 Å². The first kappa shape index (κ1) is 71.9. The third kappa shape index (κ3) is 11.6. The van der Waals surface area contributed by atoms with Gasteiger partial charge in [0, 0.05) is 0 Å². The molecule has 1 N–H and O–H groups in total. The molecule has 10 rings (SSSR count). The maximum absolute atomic E-state index is 17.4. The van der Waals surface area contributed by atoms with Gasteiger partial charge in [-0.2, -0.15) is 0 Å². The van der Waals surface area contributed by atoms with E-state index < -0.39 is 234 Å². The number of hydrogen-bond acceptors (Lipinski definition) is 0. The molecule has 31 heteroatoms. The van der Waals surface area contributed by atoms with Crippen LogP contribution in [0.4, 0.5) is 123 Å². The zero-order chi connectivity index (χ0) is 70.6. The molecule has 0 radical (unpaired) electrons. The molecule has 0 aliphatic carbocycles. The highest BCUT2D eigenvalue weighted by Gasteiger charge is 2.52. The van der Waals surface area contributed by atoms with Gasteiger partial charge in [-0.05, 0) is 25.0 Å².